The van der Waals surface area contributed by atoms with Crippen LogP contribution >= 0.6 is 11.8 Å². The van der Waals surface area contributed by atoms with E-state index in [0.717, 1.165) is 17.4 Å². The van der Waals surface area contributed by atoms with E-state index in [-0.39, 0.29) is 24.1 Å². The zero-order valence-electron chi connectivity index (χ0n) is 10.0. The van der Waals surface area contributed by atoms with Gasteiger partial charge in [-0.1, -0.05) is 0 Å². The van der Waals surface area contributed by atoms with Gasteiger partial charge in [-0.15, -0.1) is 0 Å². The van der Waals surface area contributed by atoms with Crippen LogP contribution in [0.2, 0.25) is 0 Å². The number of rotatable bonds is 5. The van der Waals surface area contributed by atoms with Gasteiger partial charge in [-0.05, 0) is 48.9 Å². The minimum absolute atomic E-state index is 0.0215. The van der Waals surface area contributed by atoms with Crippen LogP contribution in [0.15, 0.2) is 12.1 Å². The lowest BCUT2D eigenvalue weighted by Crippen LogP contribution is -2.08. The molecule has 6 heteroatoms. The van der Waals surface area contributed by atoms with Crippen LogP contribution in [0, 0.1) is 13.8 Å². The molecule has 0 unspecified atom stereocenters. The lowest BCUT2D eigenvalue weighted by Gasteiger charge is -2.13. The molecule has 0 spiro atoms. The third-order valence-electron chi connectivity index (χ3n) is 2.21. The zero-order chi connectivity index (χ0) is 13.8. The van der Waals surface area contributed by atoms with Crippen LogP contribution < -0.4 is 4.74 Å². The van der Waals surface area contributed by atoms with Crippen LogP contribution in [-0.4, -0.2) is 24.2 Å². The molecular weight excluding hydrogens is 265 g/mol. The number of carbonyl (C=O) groups excluding carboxylic acids is 1. The fourth-order valence-corrected chi connectivity index (χ4v) is 1.98. The average molecular weight is 278 g/mol. The van der Waals surface area contributed by atoms with Crippen molar-refractivity contribution in [2.24, 2.45) is 0 Å². The maximum atomic E-state index is 11.9. The summed E-state index contributed by atoms with van der Waals surface area (Å²) in [4.78, 5) is 10.6. The minimum Gasteiger partial charge on any atom is -0.492 e. The van der Waals surface area contributed by atoms with Crippen molar-refractivity contribution in [3.63, 3.8) is 0 Å². The maximum Gasteiger partial charge on any atom is 0.441 e. The maximum absolute atomic E-state index is 11.9. The highest BCUT2D eigenvalue weighted by Gasteiger charge is 2.27. The Bertz CT molecular complexity index is 407. The van der Waals surface area contributed by atoms with E-state index in [1.54, 1.807) is 26.0 Å². The summed E-state index contributed by atoms with van der Waals surface area (Å²) in [5.74, 6) is 0.390. The molecule has 0 amide bonds. The second kappa shape index (κ2) is 6.13. The quantitative estimate of drug-likeness (QED) is 0.606. The Morgan fingerprint density at radius 1 is 1.28 bits per heavy atom. The first-order chi connectivity index (χ1) is 8.33. The van der Waals surface area contributed by atoms with E-state index >= 15 is 0 Å². The highest BCUT2D eigenvalue weighted by atomic mass is 32.2. The third-order valence-corrected chi connectivity index (χ3v) is 2.91. The predicted octanol–water partition coefficient (Wildman–Crippen LogP) is 3.75. The molecule has 0 N–H and O–H groups in total. The molecule has 0 fully saturated rings. The molecule has 0 aliphatic rings. The van der Waals surface area contributed by atoms with Crippen LogP contribution in [0.4, 0.5) is 13.2 Å². The molecule has 0 aliphatic carbocycles. The number of carbonyl (C=O) groups is 1. The van der Waals surface area contributed by atoms with Crippen LogP contribution in [0.25, 0.3) is 0 Å². The predicted molar refractivity (Wildman–Crippen MR) is 65.3 cm³/mol. The Hall–Kier alpha value is -1.17. The van der Waals surface area contributed by atoms with E-state index < -0.39 is 5.51 Å². The van der Waals surface area contributed by atoms with Gasteiger partial charge in [0.2, 0.25) is 0 Å². The highest BCUT2D eigenvalue weighted by Crippen LogP contribution is 2.30. The summed E-state index contributed by atoms with van der Waals surface area (Å²) in [6.45, 7) is 3.49. The highest BCUT2D eigenvalue weighted by molar-refractivity contribution is 8.00. The van der Waals surface area contributed by atoms with E-state index in [2.05, 4.69) is 0 Å². The molecule has 1 aromatic rings. The van der Waals surface area contributed by atoms with Gasteiger partial charge < -0.3 is 4.74 Å². The molecule has 0 atom stereocenters. The minimum atomic E-state index is -4.23. The zero-order valence-corrected chi connectivity index (χ0v) is 10.8. The number of hydrogen-bond acceptors (Lipinski definition) is 3. The SMILES string of the molecule is Cc1cc(C=O)cc(C)c1OCCSC(F)(F)F. The van der Waals surface area contributed by atoms with Gasteiger partial charge in [-0.25, -0.2) is 0 Å². The fourth-order valence-electron chi connectivity index (χ4n) is 1.58. The van der Waals surface area contributed by atoms with Gasteiger partial charge in [0.1, 0.15) is 12.0 Å². The summed E-state index contributed by atoms with van der Waals surface area (Å²) in [5, 5.41) is 0. The molecule has 1 rings (SSSR count). The summed E-state index contributed by atoms with van der Waals surface area (Å²) < 4.78 is 41.0. The van der Waals surface area contributed by atoms with Crippen molar-refractivity contribution in [1.29, 1.82) is 0 Å². The Labute approximate surface area is 108 Å². The van der Waals surface area contributed by atoms with Crippen molar-refractivity contribution in [2.75, 3.05) is 12.4 Å². The van der Waals surface area contributed by atoms with E-state index in [1.165, 1.54) is 0 Å². The summed E-state index contributed by atoms with van der Waals surface area (Å²) >= 11 is -0.109. The molecule has 0 aromatic heterocycles. The summed E-state index contributed by atoms with van der Waals surface area (Å²) in [6, 6.07) is 3.29. The number of aldehydes is 1. The van der Waals surface area contributed by atoms with Gasteiger partial charge in [0, 0.05) is 11.3 Å². The van der Waals surface area contributed by atoms with E-state index in [9.17, 15) is 18.0 Å². The molecule has 0 saturated heterocycles. The van der Waals surface area contributed by atoms with Crippen molar-refractivity contribution in [3.8, 4) is 5.75 Å². The Balaban J connectivity index is 2.60. The molecule has 0 aliphatic heterocycles. The van der Waals surface area contributed by atoms with Gasteiger partial charge in [0.25, 0.3) is 0 Å². The molecule has 0 radical (unpaired) electrons. The van der Waals surface area contributed by atoms with Gasteiger partial charge in [-0.3, -0.25) is 4.79 Å². The van der Waals surface area contributed by atoms with E-state index in [0.29, 0.717) is 11.3 Å². The summed E-state index contributed by atoms with van der Waals surface area (Å²) in [6.07, 6.45) is 0.725. The number of halogens is 3. The second-order valence-corrected chi connectivity index (χ2v) is 4.90. The number of benzene rings is 1. The number of aryl methyl sites for hydroxylation is 2. The molecule has 0 heterocycles. The summed E-state index contributed by atoms with van der Waals surface area (Å²) in [7, 11) is 0. The van der Waals surface area contributed by atoms with E-state index in [4.69, 9.17) is 4.74 Å². The average Bonchev–Trinajstić information content (AvgIpc) is 2.25. The van der Waals surface area contributed by atoms with Crippen LogP contribution in [-0.2, 0) is 0 Å². The Morgan fingerprint density at radius 3 is 2.28 bits per heavy atom. The van der Waals surface area contributed by atoms with Crippen molar-refractivity contribution in [3.05, 3.63) is 28.8 Å². The Kier molecular flexibility index (Phi) is 5.07. The molecule has 0 bridgehead atoms. The van der Waals surface area contributed by atoms with E-state index in [1.807, 2.05) is 0 Å². The number of ether oxygens (including phenoxy) is 1. The Morgan fingerprint density at radius 2 is 1.83 bits per heavy atom. The van der Waals surface area contributed by atoms with Gasteiger partial charge in [0.15, 0.2) is 0 Å². The van der Waals surface area contributed by atoms with Crippen LogP contribution in [0.1, 0.15) is 21.5 Å². The standard InChI is InChI=1S/C12H13F3O2S/c1-8-5-10(7-16)6-9(2)11(8)17-3-4-18-12(13,14)15/h5-7H,3-4H2,1-2H3. The fraction of sp³-hybridized carbons (Fsp3) is 0.417. The number of thioether (sulfide) groups is 1. The topological polar surface area (TPSA) is 26.3 Å². The van der Waals surface area contributed by atoms with Crippen LogP contribution in [0.3, 0.4) is 0 Å². The first-order valence-corrected chi connectivity index (χ1v) is 6.22. The smallest absolute Gasteiger partial charge is 0.441 e. The second-order valence-electron chi connectivity index (χ2n) is 3.74. The number of alkyl halides is 3. The molecule has 1 aromatic carbocycles. The van der Waals surface area contributed by atoms with Crippen molar-refractivity contribution in [2.45, 2.75) is 19.4 Å². The van der Waals surface area contributed by atoms with Gasteiger partial charge in [0.05, 0.1) is 6.61 Å². The van der Waals surface area contributed by atoms with Crippen molar-refractivity contribution < 1.29 is 22.7 Å². The largest absolute Gasteiger partial charge is 0.492 e. The molecule has 100 valence electrons. The molecule has 2 nitrogen and oxygen atoms in total. The van der Waals surface area contributed by atoms with Gasteiger partial charge in [-0.2, -0.15) is 13.2 Å². The van der Waals surface area contributed by atoms with Crippen molar-refractivity contribution in [1.82, 2.24) is 0 Å². The third kappa shape index (κ3) is 4.60. The van der Waals surface area contributed by atoms with Crippen LogP contribution in [0.5, 0.6) is 5.75 Å². The number of hydrogen-bond donors (Lipinski definition) is 0. The van der Waals surface area contributed by atoms with Gasteiger partial charge >= 0.3 is 5.51 Å². The van der Waals surface area contributed by atoms with Crippen molar-refractivity contribution >= 4 is 18.0 Å². The molecule has 18 heavy (non-hydrogen) atoms. The summed E-state index contributed by atoms with van der Waals surface area (Å²) in [5.41, 5.74) is -2.21. The monoisotopic (exact) mass is 278 g/mol. The molecular formula is C12H13F3O2S. The first-order valence-electron chi connectivity index (χ1n) is 5.23. The lowest BCUT2D eigenvalue weighted by atomic mass is 10.1. The normalized spacial score (nSPS) is 11.4. The first kappa shape index (κ1) is 14.9. The lowest BCUT2D eigenvalue weighted by molar-refractivity contribution is -0.0329. The molecule has 0 saturated carbocycles.